The molecule has 2 N–H and O–H groups in total. The summed E-state index contributed by atoms with van der Waals surface area (Å²) in [6, 6.07) is 5.50. The number of benzene rings is 1. The highest BCUT2D eigenvalue weighted by atomic mass is 32.2. The van der Waals surface area contributed by atoms with Gasteiger partial charge in [-0.1, -0.05) is 6.07 Å². The Morgan fingerprint density at radius 3 is 2.71 bits per heavy atom. The van der Waals surface area contributed by atoms with Crippen molar-refractivity contribution < 1.29 is 4.21 Å². The predicted octanol–water partition coefficient (Wildman–Crippen LogP) is 1.33. The molecule has 3 nitrogen and oxygen atoms in total. The first-order valence-electron chi connectivity index (χ1n) is 4.14. The van der Waals surface area contributed by atoms with Crippen LogP contribution in [0.5, 0.6) is 0 Å². The Bertz CT molecular complexity index is 421. The summed E-state index contributed by atoms with van der Waals surface area (Å²) in [5.74, 6) is 0.488. The zero-order chi connectivity index (χ0) is 10.7. The highest BCUT2D eigenvalue weighted by Crippen LogP contribution is 2.21. The van der Waals surface area contributed by atoms with Crippen LogP contribution in [-0.2, 0) is 16.6 Å². The van der Waals surface area contributed by atoms with Gasteiger partial charge in [-0.15, -0.1) is 0 Å². The Morgan fingerprint density at radius 1 is 1.57 bits per heavy atom. The second-order valence-electron chi connectivity index (χ2n) is 3.14. The SMILES string of the molecule is Cc1c(CS(C)=O)ccc(C#N)c1N. The number of anilines is 1. The van der Waals surface area contributed by atoms with Crippen LogP contribution in [0.1, 0.15) is 16.7 Å². The largest absolute Gasteiger partial charge is 0.397 e. The van der Waals surface area contributed by atoms with Gasteiger partial charge in [0.15, 0.2) is 0 Å². The lowest BCUT2D eigenvalue weighted by Gasteiger charge is -2.08. The zero-order valence-corrected chi connectivity index (χ0v) is 9.02. The third kappa shape index (κ3) is 2.12. The molecular formula is C10H12N2OS. The Labute approximate surface area is 86.0 Å². The van der Waals surface area contributed by atoms with Crippen LogP contribution in [0.4, 0.5) is 5.69 Å². The minimum atomic E-state index is -0.882. The van der Waals surface area contributed by atoms with Crippen molar-refractivity contribution in [3.63, 3.8) is 0 Å². The topological polar surface area (TPSA) is 66.9 Å². The Morgan fingerprint density at radius 2 is 2.21 bits per heavy atom. The van der Waals surface area contributed by atoms with Gasteiger partial charge in [0, 0.05) is 22.8 Å². The van der Waals surface area contributed by atoms with Gasteiger partial charge < -0.3 is 5.73 Å². The van der Waals surface area contributed by atoms with Gasteiger partial charge in [0.1, 0.15) is 6.07 Å². The van der Waals surface area contributed by atoms with Crippen LogP contribution < -0.4 is 5.73 Å². The molecule has 0 aliphatic rings. The first-order valence-corrected chi connectivity index (χ1v) is 5.87. The number of nitrogen functional groups attached to an aromatic ring is 1. The smallest absolute Gasteiger partial charge is 0.101 e. The van der Waals surface area contributed by atoms with Crippen molar-refractivity contribution in [2.75, 3.05) is 12.0 Å². The number of hydrogen-bond acceptors (Lipinski definition) is 3. The number of hydrogen-bond donors (Lipinski definition) is 1. The number of nitriles is 1. The standard InChI is InChI=1S/C10H12N2OS/c1-7-9(6-14(2)13)4-3-8(5-11)10(7)12/h3-4H,6,12H2,1-2H3. The molecule has 0 aromatic heterocycles. The minimum absolute atomic E-state index is 0.480. The van der Waals surface area contributed by atoms with E-state index in [1.165, 1.54) is 0 Å². The van der Waals surface area contributed by atoms with Gasteiger partial charge in [0.25, 0.3) is 0 Å². The predicted molar refractivity (Wildman–Crippen MR) is 58.1 cm³/mol. The van der Waals surface area contributed by atoms with Gasteiger partial charge >= 0.3 is 0 Å². The van der Waals surface area contributed by atoms with Crippen molar-refractivity contribution in [1.29, 1.82) is 5.26 Å². The average molecular weight is 208 g/mol. The molecule has 0 amide bonds. The van der Waals surface area contributed by atoms with Gasteiger partial charge in [0.05, 0.1) is 11.3 Å². The van der Waals surface area contributed by atoms with E-state index in [-0.39, 0.29) is 0 Å². The number of rotatable bonds is 2. The second-order valence-corrected chi connectivity index (χ2v) is 4.58. The molecule has 0 saturated heterocycles. The third-order valence-electron chi connectivity index (χ3n) is 2.11. The maximum Gasteiger partial charge on any atom is 0.101 e. The van der Waals surface area contributed by atoms with Crippen LogP contribution in [0.3, 0.4) is 0 Å². The molecule has 1 rings (SSSR count). The molecule has 0 heterocycles. The van der Waals surface area contributed by atoms with E-state index in [1.807, 2.05) is 19.1 Å². The normalized spacial score (nSPS) is 12.1. The lowest BCUT2D eigenvalue weighted by molar-refractivity contribution is 0.686. The molecule has 0 radical (unpaired) electrons. The van der Waals surface area contributed by atoms with Crippen LogP contribution in [0, 0.1) is 18.3 Å². The van der Waals surface area contributed by atoms with Crippen molar-refractivity contribution >= 4 is 16.5 Å². The molecular weight excluding hydrogens is 196 g/mol. The summed E-state index contributed by atoms with van der Waals surface area (Å²) < 4.78 is 11.0. The van der Waals surface area contributed by atoms with Gasteiger partial charge in [-0.25, -0.2) is 0 Å². The van der Waals surface area contributed by atoms with Crippen LogP contribution in [-0.4, -0.2) is 10.5 Å². The summed E-state index contributed by atoms with van der Waals surface area (Å²) in [4.78, 5) is 0. The van der Waals surface area contributed by atoms with E-state index in [2.05, 4.69) is 0 Å². The van der Waals surface area contributed by atoms with Crippen molar-refractivity contribution in [3.8, 4) is 6.07 Å². The monoisotopic (exact) mass is 208 g/mol. The fraction of sp³-hybridized carbons (Fsp3) is 0.300. The molecule has 0 fully saturated rings. The molecule has 0 aliphatic heterocycles. The van der Waals surface area contributed by atoms with E-state index in [9.17, 15) is 4.21 Å². The van der Waals surface area contributed by atoms with Crippen molar-refractivity contribution in [1.82, 2.24) is 0 Å². The molecule has 1 atom stereocenters. The first-order chi connectivity index (χ1) is 6.56. The van der Waals surface area contributed by atoms with E-state index in [0.717, 1.165) is 11.1 Å². The number of nitrogens with zero attached hydrogens (tertiary/aromatic N) is 1. The minimum Gasteiger partial charge on any atom is -0.397 e. The molecule has 1 unspecified atom stereocenters. The van der Waals surface area contributed by atoms with E-state index in [0.29, 0.717) is 17.0 Å². The van der Waals surface area contributed by atoms with Crippen LogP contribution in [0.15, 0.2) is 12.1 Å². The maximum absolute atomic E-state index is 11.0. The third-order valence-corrected chi connectivity index (χ3v) is 2.82. The maximum atomic E-state index is 11.0. The zero-order valence-electron chi connectivity index (χ0n) is 8.20. The Hall–Kier alpha value is -1.34. The van der Waals surface area contributed by atoms with Crippen LogP contribution in [0.2, 0.25) is 0 Å². The van der Waals surface area contributed by atoms with E-state index in [4.69, 9.17) is 11.0 Å². The summed E-state index contributed by atoms with van der Waals surface area (Å²) in [5, 5.41) is 8.73. The van der Waals surface area contributed by atoms with Gasteiger partial charge in [-0.3, -0.25) is 4.21 Å². The molecule has 0 spiro atoms. The molecule has 14 heavy (non-hydrogen) atoms. The lowest BCUT2D eigenvalue weighted by Crippen LogP contribution is -2.01. The van der Waals surface area contributed by atoms with E-state index in [1.54, 1.807) is 12.3 Å². The highest BCUT2D eigenvalue weighted by molar-refractivity contribution is 7.83. The number of nitrogens with two attached hydrogens (primary N) is 1. The summed E-state index contributed by atoms with van der Waals surface area (Å²) >= 11 is 0. The molecule has 0 bridgehead atoms. The molecule has 4 heteroatoms. The van der Waals surface area contributed by atoms with E-state index < -0.39 is 10.8 Å². The van der Waals surface area contributed by atoms with E-state index >= 15 is 0 Å². The van der Waals surface area contributed by atoms with Gasteiger partial charge in [0.2, 0.25) is 0 Å². The molecule has 0 saturated carbocycles. The van der Waals surface area contributed by atoms with Gasteiger partial charge in [-0.2, -0.15) is 5.26 Å². The second kappa shape index (κ2) is 4.25. The molecule has 74 valence electrons. The molecule has 0 aliphatic carbocycles. The van der Waals surface area contributed by atoms with Crippen molar-refractivity contribution in [2.45, 2.75) is 12.7 Å². The quantitative estimate of drug-likeness (QED) is 0.745. The Balaban J connectivity index is 3.18. The van der Waals surface area contributed by atoms with Crippen LogP contribution >= 0.6 is 0 Å². The summed E-state index contributed by atoms with van der Waals surface area (Å²) in [6.45, 7) is 1.85. The fourth-order valence-corrected chi connectivity index (χ4v) is 2.00. The Kier molecular flexibility index (Phi) is 3.26. The highest BCUT2D eigenvalue weighted by Gasteiger charge is 2.07. The first kappa shape index (κ1) is 10.7. The molecule has 1 aromatic carbocycles. The van der Waals surface area contributed by atoms with Gasteiger partial charge in [-0.05, 0) is 24.1 Å². The summed E-state index contributed by atoms with van der Waals surface area (Å²) in [6.07, 6.45) is 1.65. The molecule has 1 aromatic rings. The lowest BCUT2D eigenvalue weighted by atomic mass is 10.0. The van der Waals surface area contributed by atoms with Crippen LogP contribution in [0.25, 0.3) is 0 Å². The summed E-state index contributed by atoms with van der Waals surface area (Å²) in [5.41, 5.74) is 8.53. The van der Waals surface area contributed by atoms with Crippen molar-refractivity contribution in [2.24, 2.45) is 0 Å². The van der Waals surface area contributed by atoms with Crippen molar-refractivity contribution in [3.05, 3.63) is 28.8 Å². The average Bonchev–Trinajstić information content (AvgIpc) is 2.13. The summed E-state index contributed by atoms with van der Waals surface area (Å²) in [7, 11) is -0.882. The fourth-order valence-electron chi connectivity index (χ4n) is 1.25.